The van der Waals surface area contributed by atoms with Gasteiger partial charge in [-0.1, -0.05) is 0 Å². The summed E-state index contributed by atoms with van der Waals surface area (Å²) >= 11 is 1.30. The van der Waals surface area contributed by atoms with Gasteiger partial charge in [-0.25, -0.2) is 0 Å². The number of rotatable bonds is 1. The first-order valence-electron chi connectivity index (χ1n) is 11.4. The average Bonchev–Trinajstić information content (AvgIpc) is 2.87. The number of hydrogen-bond donors (Lipinski definition) is 0. The Balaban J connectivity index is 1.77. The van der Waals surface area contributed by atoms with Crippen LogP contribution in [0.5, 0.6) is 0 Å². The summed E-state index contributed by atoms with van der Waals surface area (Å²) in [6.45, 7) is 2.54. The van der Waals surface area contributed by atoms with Gasteiger partial charge in [0.1, 0.15) is 0 Å². The number of benzene rings is 3. The van der Waals surface area contributed by atoms with Crippen LogP contribution in [-0.2, 0) is 27.3 Å². The second-order valence-corrected chi connectivity index (χ2v) is 15.7. The first-order valence-corrected chi connectivity index (χ1v) is 18.0. The predicted molar refractivity (Wildman–Crippen MR) is 140 cm³/mol. The molecule has 174 valence electrons. The molecule has 0 atom stereocenters. The Bertz CT molecular complexity index is 996. The van der Waals surface area contributed by atoms with Gasteiger partial charge in [-0.2, -0.15) is 0 Å². The Hall–Kier alpha value is -1.15. The average molecular weight is 592 g/mol. The third-order valence-corrected chi connectivity index (χ3v) is 13.2. The fourth-order valence-corrected chi connectivity index (χ4v) is 11.3. The van der Waals surface area contributed by atoms with Crippen LogP contribution in [0.25, 0.3) is 0 Å². The summed E-state index contributed by atoms with van der Waals surface area (Å²) in [7, 11) is -3.11. The zero-order chi connectivity index (χ0) is 22.8. The Labute approximate surface area is 210 Å². The fourth-order valence-electron chi connectivity index (χ4n) is 3.99. The molecule has 3 nitrogen and oxygen atoms in total. The second-order valence-electron chi connectivity index (χ2n) is 7.89. The topological polar surface area (TPSA) is 35.5 Å². The van der Waals surface area contributed by atoms with Crippen molar-refractivity contribution in [1.29, 1.82) is 0 Å². The summed E-state index contributed by atoms with van der Waals surface area (Å²) in [6.07, 6.45) is 1.34. The van der Waals surface area contributed by atoms with Crippen LogP contribution in [0.3, 0.4) is 0 Å². The van der Waals surface area contributed by atoms with E-state index in [4.69, 9.17) is 9.47 Å². The van der Waals surface area contributed by atoms with Gasteiger partial charge in [-0.3, -0.25) is 0 Å². The molecular weight excluding hydrogens is 561 g/mol. The van der Waals surface area contributed by atoms with E-state index in [1.54, 1.807) is 0 Å². The zero-order valence-corrected chi connectivity index (χ0v) is 23.2. The van der Waals surface area contributed by atoms with Gasteiger partial charge >= 0.3 is 211 Å². The van der Waals surface area contributed by atoms with Crippen LogP contribution in [0, 0.1) is 0 Å². The van der Waals surface area contributed by atoms with Crippen molar-refractivity contribution in [2.24, 2.45) is 0 Å². The van der Waals surface area contributed by atoms with Crippen LogP contribution in [-0.4, -0.2) is 43.1 Å². The summed E-state index contributed by atoms with van der Waals surface area (Å²) in [5, 5.41) is 7.57. The van der Waals surface area contributed by atoms with Crippen LogP contribution < -0.4 is 15.9 Å². The maximum atomic E-state index is 15.2. The van der Waals surface area contributed by atoms with E-state index in [-0.39, 0.29) is 0 Å². The van der Waals surface area contributed by atoms with E-state index in [9.17, 15) is 0 Å². The van der Waals surface area contributed by atoms with E-state index >= 15 is 4.57 Å². The van der Waals surface area contributed by atoms with Crippen LogP contribution >= 0.6 is 7.14 Å². The van der Waals surface area contributed by atoms with Crippen molar-refractivity contribution < 1.29 is 14.0 Å². The number of ether oxygens (including phenoxy) is 2. The molecule has 0 aromatic heterocycles. The third kappa shape index (κ3) is 6.50. The van der Waals surface area contributed by atoms with Crippen molar-refractivity contribution in [3.05, 3.63) is 90.0 Å². The zero-order valence-electron chi connectivity index (χ0n) is 18.9. The molecule has 0 saturated heterocycles. The van der Waals surface area contributed by atoms with E-state index < -0.39 is 7.14 Å². The molecule has 0 fully saturated rings. The Morgan fingerprint density at radius 2 is 1.09 bits per heavy atom. The second kappa shape index (κ2) is 13.1. The molecule has 4 rings (SSSR count). The van der Waals surface area contributed by atoms with Gasteiger partial charge in [-0.15, -0.1) is 0 Å². The molecule has 0 bridgehead atoms. The molecule has 0 radical (unpaired) electrons. The monoisotopic (exact) mass is 594 g/mol. The van der Waals surface area contributed by atoms with Crippen molar-refractivity contribution in [3.63, 3.8) is 0 Å². The quantitative estimate of drug-likeness (QED) is 0.300. The molecule has 0 amide bonds. The van der Waals surface area contributed by atoms with Gasteiger partial charge in [0.2, 0.25) is 0 Å². The van der Waals surface area contributed by atoms with Gasteiger partial charge < -0.3 is 0 Å². The summed E-state index contributed by atoms with van der Waals surface area (Å²) < 4.78 is 27.4. The normalized spacial score (nSPS) is 18.3. The van der Waals surface area contributed by atoms with Gasteiger partial charge in [0, 0.05) is 0 Å². The summed E-state index contributed by atoms with van der Waals surface area (Å²) in [5.74, 6) is 0. The number of hydrogen-bond acceptors (Lipinski definition) is 3. The molecule has 0 saturated carbocycles. The maximum absolute atomic E-state index is 15.2. The van der Waals surface area contributed by atoms with Crippen molar-refractivity contribution in [2.45, 2.75) is 40.9 Å². The summed E-state index contributed by atoms with van der Waals surface area (Å²) in [6, 6.07) is 26.1. The van der Waals surface area contributed by atoms with Crippen molar-refractivity contribution >= 4 is 53.0 Å². The van der Waals surface area contributed by atoms with Crippen LogP contribution in [0.15, 0.2) is 78.9 Å². The van der Waals surface area contributed by atoms with Crippen LogP contribution in [0.4, 0.5) is 0 Å². The standard InChI is InChI=1S/C27H31O3PSe2/c28-31(25-11-2-1-3-12-25)26-13-6-4-9-23(26)21-29-15-19-32-17-8-18-33-20-16-30-22-24-10-5-7-14-27(24)31/h1-7,9-14H,8,15-22H2. The minimum atomic E-state index is -3.11. The molecule has 3 aromatic carbocycles. The van der Waals surface area contributed by atoms with Crippen LogP contribution in [0.1, 0.15) is 17.5 Å². The molecule has 0 unspecified atom stereocenters. The first-order chi connectivity index (χ1) is 16.3. The third-order valence-electron chi connectivity index (χ3n) is 5.62. The van der Waals surface area contributed by atoms with Crippen LogP contribution in [0.2, 0.25) is 21.3 Å². The predicted octanol–water partition coefficient (Wildman–Crippen LogP) is 4.84. The van der Waals surface area contributed by atoms with Crippen molar-refractivity contribution in [3.8, 4) is 0 Å². The molecule has 3 aromatic rings. The summed E-state index contributed by atoms with van der Waals surface area (Å²) in [5.41, 5.74) is 2.02. The Kier molecular flexibility index (Phi) is 9.89. The molecule has 6 heteroatoms. The van der Waals surface area contributed by atoms with Crippen molar-refractivity contribution in [2.75, 3.05) is 13.2 Å². The van der Waals surface area contributed by atoms with E-state index in [1.165, 1.54) is 17.1 Å². The molecule has 0 aliphatic carbocycles. The number of fused-ring (bicyclic) bond motifs is 2. The minimum absolute atomic E-state index is 0.491. The van der Waals surface area contributed by atoms with Gasteiger partial charge in [0.25, 0.3) is 0 Å². The molecular formula is C27H31O3PSe2. The molecule has 1 heterocycles. The van der Waals surface area contributed by atoms with Crippen molar-refractivity contribution in [1.82, 2.24) is 0 Å². The van der Waals surface area contributed by atoms with E-state index in [2.05, 4.69) is 12.1 Å². The molecule has 1 aliphatic heterocycles. The van der Waals surface area contributed by atoms with E-state index in [0.29, 0.717) is 43.1 Å². The van der Waals surface area contributed by atoms with E-state index in [1.807, 2.05) is 66.7 Å². The van der Waals surface area contributed by atoms with Gasteiger partial charge in [0.15, 0.2) is 0 Å². The first kappa shape index (κ1) is 25.0. The fraction of sp³-hybridized carbons (Fsp3) is 0.333. The molecule has 0 spiro atoms. The van der Waals surface area contributed by atoms with E-state index in [0.717, 1.165) is 50.9 Å². The molecule has 1 aliphatic rings. The van der Waals surface area contributed by atoms with Gasteiger partial charge in [-0.05, 0) is 0 Å². The Morgan fingerprint density at radius 1 is 0.606 bits per heavy atom. The summed E-state index contributed by atoms with van der Waals surface area (Å²) in [4.78, 5) is 0. The molecule has 33 heavy (non-hydrogen) atoms. The Morgan fingerprint density at radius 3 is 1.64 bits per heavy atom. The molecule has 0 N–H and O–H groups in total. The van der Waals surface area contributed by atoms with Gasteiger partial charge in [0.05, 0.1) is 0 Å². The SMILES string of the molecule is O=P1(c2ccccc2)c2ccccc2COCC[Se]CCC[Se]CCOCc2ccccc21.